The Morgan fingerprint density at radius 2 is 0.875 bits per heavy atom. The van der Waals surface area contributed by atoms with E-state index in [9.17, 15) is 0 Å². The van der Waals surface area contributed by atoms with Crippen molar-refractivity contribution in [3.05, 3.63) is 187 Å². The van der Waals surface area contributed by atoms with E-state index in [0.29, 0.717) is 0 Å². The van der Waals surface area contributed by atoms with E-state index < -0.39 is 0 Å². The molecule has 9 aromatic carbocycles. The molecule has 0 amide bonds. The monoisotopic (exact) mass is 929 g/mol. The molecule has 0 aliphatic rings. The summed E-state index contributed by atoms with van der Waals surface area (Å²) in [4.78, 5) is 0. The smallest absolute Gasteiger partial charge is 0.213 e. The molecule has 72 heavy (non-hydrogen) atoms. The first-order valence-electron chi connectivity index (χ1n) is 25.7. The van der Waals surface area contributed by atoms with Gasteiger partial charge in [-0.25, -0.2) is 0 Å². The number of para-hydroxylation sites is 2. The van der Waals surface area contributed by atoms with Gasteiger partial charge in [-0.15, -0.1) is 0 Å². The van der Waals surface area contributed by atoms with Gasteiger partial charge < -0.3 is 13.4 Å². The van der Waals surface area contributed by atoms with Crippen molar-refractivity contribution >= 4 is 109 Å². The number of rotatable bonds is 3. The minimum atomic E-state index is -0.0932. The minimum Gasteiger partial charge on any atom is -0.439 e. The predicted octanol–water partition coefficient (Wildman–Crippen LogP) is 19.1. The van der Waals surface area contributed by atoms with Crippen LogP contribution in [0.5, 0.6) is 0 Å². The molecule has 4 heteroatoms. The number of hydrogen-bond acceptors (Lipinski definition) is 1. The highest BCUT2D eigenvalue weighted by Gasteiger charge is 2.30. The molecule has 0 aliphatic heterocycles. The van der Waals surface area contributed by atoms with Crippen LogP contribution in [-0.4, -0.2) is 13.4 Å². The predicted molar refractivity (Wildman–Crippen MR) is 307 cm³/mol. The van der Waals surface area contributed by atoms with Crippen molar-refractivity contribution in [3.63, 3.8) is 0 Å². The van der Waals surface area contributed by atoms with Gasteiger partial charge in [-0.3, -0.25) is 4.40 Å². The van der Waals surface area contributed by atoms with E-state index in [4.69, 9.17) is 4.42 Å². The Bertz CT molecular complexity index is 4780. The van der Waals surface area contributed by atoms with Crippen LogP contribution in [0.15, 0.2) is 174 Å². The molecule has 15 aromatic rings. The van der Waals surface area contributed by atoms with E-state index in [1.54, 1.807) is 0 Å². The summed E-state index contributed by atoms with van der Waals surface area (Å²) in [7, 11) is 0. The van der Waals surface area contributed by atoms with Crippen molar-refractivity contribution in [3.8, 4) is 27.9 Å². The van der Waals surface area contributed by atoms with E-state index in [1.165, 1.54) is 131 Å². The fraction of sp³-hybridized carbons (Fsp3) is 0.176. The van der Waals surface area contributed by atoms with Gasteiger partial charge in [-0.1, -0.05) is 147 Å². The summed E-state index contributed by atoms with van der Waals surface area (Å²) in [6, 6.07) is 64.3. The fourth-order valence-corrected chi connectivity index (χ4v) is 12.5. The maximum atomic E-state index is 6.92. The summed E-state index contributed by atoms with van der Waals surface area (Å²) in [5.74, 6) is 0. The third kappa shape index (κ3) is 5.58. The van der Waals surface area contributed by atoms with Crippen molar-refractivity contribution in [2.24, 2.45) is 0 Å². The molecule has 4 nitrogen and oxygen atoms in total. The first-order valence-corrected chi connectivity index (χ1v) is 25.7. The van der Waals surface area contributed by atoms with E-state index in [2.05, 4.69) is 246 Å². The molecular weight excluding hydrogens is 875 g/mol. The molecule has 6 heterocycles. The molecule has 0 saturated heterocycles. The lowest BCUT2D eigenvalue weighted by Crippen LogP contribution is -2.11. The average molecular weight is 930 g/mol. The van der Waals surface area contributed by atoms with Crippen LogP contribution in [0, 0.1) is 0 Å². The Morgan fingerprint density at radius 1 is 0.333 bits per heavy atom. The Labute approximate surface area is 418 Å². The molecular formula is C68H55N3O. The van der Waals surface area contributed by atoms with Crippen LogP contribution in [0.2, 0.25) is 0 Å². The van der Waals surface area contributed by atoms with Crippen molar-refractivity contribution in [2.45, 2.75) is 78.6 Å². The summed E-state index contributed by atoms with van der Waals surface area (Å²) in [5, 5.41) is 13.9. The van der Waals surface area contributed by atoms with Crippen molar-refractivity contribution in [1.29, 1.82) is 0 Å². The lowest BCUT2D eigenvalue weighted by atomic mass is 9.83. The van der Waals surface area contributed by atoms with Gasteiger partial charge in [-0.05, 0) is 135 Å². The molecule has 0 bridgehead atoms. The van der Waals surface area contributed by atoms with E-state index in [-0.39, 0.29) is 16.2 Å². The normalized spacial score (nSPS) is 13.3. The van der Waals surface area contributed by atoms with Crippen LogP contribution in [0.1, 0.15) is 79.0 Å². The van der Waals surface area contributed by atoms with Crippen molar-refractivity contribution in [2.75, 3.05) is 0 Å². The molecule has 0 unspecified atom stereocenters. The van der Waals surface area contributed by atoms with Gasteiger partial charge in [0, 0.05) is 65.1 Å². The molecule has 0 spiro atoms. The third-order valence-corrected chi connectivity index (χ3v) is 16.3. The summed E-state index contributed by atoms with van der Waals surface area (Å²) in [6.07, 6.45) is 0. The fourth-order valence-electron chi connectivity index (χ4n) is 12.5. The van der Waals surface area contributed by atoms with Crippen molar-refractivity contribution < 1.29 is 4.42 Å². The largest absolute Gasteiger partial charge is 0.439 e. The zero-order valence-electron chi connectivity index (χ0n) is 42.4. The average Bonchev–Trinajstić information content (AvgIpc) is 4.21. The Kier molecular flexibility index (Phi) is 8.02. The van der Waals surface area contributed by atoms with Crippen LogP contribution in [0.3, 0.4) is 0 Å². The summed E-state index contributed by atoms with van der Waals surface area (Å²) >= 11 is 0. The molecule has 0 N–H and O–H groups in total. The Hall–Kier alpha value is -8.08. The van der Waals surface area contributed by atoms with Crippen LogP contribution in [0.4, 0.5) is 0 Å². The minimum absolute atomic E-state index is 0.0454. The van der Waals surface area contributed by atoms with Crippen LogP contribution in [-0.2, 0) is 16.2 Å². The maximum Gasteiger partial charge on any atom is 0.213 e. The molecule has 0 atom stereocenters. The van der Waals surface area contributed by atoms with E-state index in [0.717, 1.165) is 22.4 Å². The second-order valence-corrected chi connectivity index (χ2v) is 23.8. The number of aromatic nitrogens is 3. The standard InChI is InChI=1S/C68H55N3O/c1-66(2,3)41-30-47(40-26-27-57-48(29-40)45-22-13-15-24-56(45)69(57)44-21-17-20-39(28-44)38-18-11-10-12-19-38)62-53(33-41)54-34-42(67(4,5)6)31-51-49-36-50-52-32-43(68(7,8)9)35-55-61-46-23-14-16-25-60(46)72-65(61)71(64(52)55)59(50)37-58(49)70(62)63(51)54/h10-37H,1-9H3. The molecule has 0 fully saturated rings. The molecule has 0 saturated carbocycles. The molecule has 348 valence electrons. The van der Waals surface area contributed by atoms with Crippen LogP contribution >= 0.6 is 0 Å². The summed E-state index contributed by atoms with van der Waals surface area (Å²) in [6.45, 7) is 21.1. The Morgan fingerprint density at radius 3 is 1.58 bits per heavy atom. The highest BCUT2D eigenvalue weighted by molar-refractivity contribution is 6.32. The number of benzene rings is 9. The van der Waals surface area contributed by atoms with Gasteiger partial charge in [0.05, 0.1) is 44.0 Å². The zero-order chi connectivity index (χ0) is 48.9. The SMILES string of the molecule is CC(C)(C)c1cc(-c2ccc3c(c2)c2ccccc2n3-c2cccc(-c3ccccc3)c2)c2c(c1)c1cc(C(C)(C)C)cc3c4cc5c6cc(C(C)(C)C)cc7c8c9ccccc9oc8n(c5cc4n2c31)c67. The van der Waals surface area contributed by atoms with E-state index >= 15 is 0 Å². The quantitative estimate of drug-likeness (QED) is 0.173. The summed E-state index contributed by atoms with van der Waals surface area (Å²) in [5.41, 5.74) is 20.2. The molecule has 15 rings (SSSR count). The number of fused-ring (bicyclic) bond motifs is 17. The van der Waals surface area contributed by atoms with Gasteiger partial charge in [0.1, 0.15) is 5.58 Å². The van der Waals surface area contributed by atoms with Crippen LogP contribution < -0.4 is 0 Å². The van der Waals surface area contributed by atoms with Crippen LogP contribution in [0.25, 0.3) is 137 Å². The first kappa shape index (κ1) is 41.7. The lowest BCUT2D eigenvalue weighted by Gasteiger charge is -2.22. The van der Waals surface area contributed by atoms with Gasteiger partial charge in [-0.2, -0.15) is 0 Å². The molecule has 0 aliphatic carbocycles. The van der Waals surface area contributed by atoms with Gasteiger partial charge in [0.25, 0.3) is 0 Å². The molecule has 0 radical (unpaired) electrons. The second-order valence-electron chi connectivity index (χ2n) is 23.8. The number of nitrogens with zero attached hydrogens (tertiary/aromatic N) is 3. The maximum absolute atomic E-state index is 6.92. The van der Waals surface area contributed by atoms with Gasteiger partial charge in [0.15, 0.2) is 0 Å². The van der Waals surface area contributed by atoms with Gasteiger partial charge in [0.2, 0.25) is 5.71 Å². The lowest BCUT2D eigenvalue weighted by molar-refractivity contribution is 0.591. The highest BCUT2D eigenvalue weighted by atomic mass is 16.3. The Balaban J connectivity index is 1.08. The number of furan rings is 1. The highest BCUT2D eigenvalue weighted by Crippen LogP contribution is 2.50. The molecule has 6 aromatic heterocycles. The van der Waals surface area contributed by atoms with Crippen molar-refractivity contribution in [1.82, 2.24) is 13.4 Å². The van der Waals surface area contributed by atoms with E-state index in [1.807, 2.05) is 0 Å². The third-order valence-electron chi connectivity index (χ3n) is 16.3. The number of hydrogen-bond donors (Lipinski definition) is 0. The second kappa shape index (κ2) is 13.9. The topological polar surface area (TPSA) is 26.9 Å². The van der Waals surface area contributed by atoms with Gasteiger partial charge >= 0.3 is 0 Å². The summed E-state index contributed by atoms with van der Waals surface area (Å²) < 4.78 is 14.4. The first-order chi connectivity index (χ1) is 34.6. The zero-order valence-corrected chi connectivity index (χ0v) is 42.4.